The molecule has 0 aliphatic heterocycles. The van der Waals surface area contributed by atoms with Gasteiger partial charge in [0.15, 0.2) is 15.7 Å². The van der Waals surface area contributed by atoms with Crippen LogP contribution >= 0.6 is 11.6 Å². The second kappa shape index (κ2) is 11.6. The fraction of sp³-hybridized carbons (Fsp3) is 0.321. The summed E-state index contributed by atoms with van der Waals surface area (Å²) in [6, 6.07) is 12.5. The molecular weight excluding hydrogens is 576 g/mol. The first kappa shape index (κ1) is 30.2. The van der Waals surface area contributed by atoms with E-state index in [0.717, 1.165) is 6.26 Å². The Bertz CT molecular complexity index is 1690. The third-order valence-corrected chi connectivity index (χ3v) is 7.26. The van der Waals surface area contributed by atoms with Gasteiger partial charge in [0.25, 0.3) is 5.92 Å². The molecule has 0 spiro atoms. The predicted octanol–water partition coefficient (Wildman–Crippen LogP) is 5.92. The largest absolute Gasteiger partial charge is 0.456 e. The number of rotatable bonds is 10. The highest BCUT2D eigenvalue weighted by atomic mass is 35.5. The molecule has 2 heterocycles. The van der Waals surface area contributed by atoms with Crippen LogP contribution in [0.4, 0.5) is 20.3 Å². The number of amides is 1. The number of alkyl halides is 2. The van der Waals surface area contributed by atoms with E-state index in [0.29, 0.717) is 29.1 Å². The Labute approximate surface area is 241 Å². The van der Waals surface area contributed by atoms with Gasteiger partial charge < -0.3 is 19.9 Å². The quantitative estimate of drug-likeness (QED) is 0.231. The highest BCUT2D eigenvalue weighted by Crippen LogP contribution is 2.45. The minimum absolute atomic E-state index is 0.150. The average molecular weight is 606 g/mol. The highest BCUT2D eigenvalue weighted by Gasteiger charge is 2.44. The van der Waals surface area contributed by atoms with Gasteiger partial charge in [0.1, 0.15) is 29.1 Å². The van der Waals surface area contributed by atoms with Crippen LogP contribution < -0.4 is 15.4 Å². The smallest absolute Gasteiger partial charge is 0.278 e. The van der Waals surface area contributed by atoms with Crippen LogP contribution in [0, 0.1) is 5.41 Å². The summed E-state index contributed by atoms with van der Waals surface area (Å²) < 4.78 is 60.0. The molecule has 0 aliphatic carbocycles. The van der Waals surface area contributed by atoms with Gasteiger partial charge in [0.2, 0.25) is 5.91 Å². The van der Waals surface area contributed by atoms with Crippen LogP contribution in [0.2, 0.25) is 5.02 Å². The zero-order chi connectivity index (χ0) is 30.0. The number of carbonyl (C=O) groups excluding carboxylic acids is 1. The van der Waals surface area contributed by atoms with E-state index in [9.17, 15) is 22.0 Å². The van der Waals surface area contributed by atoms with Gasteiger partial charge in [-0.2, -0.15) is 0 Å². The molecular formula is C28H30ClF2N5O4S. The third-order valence-electron chi connectivity index (χ3n) is 6.18. The highest BCUT2D eigenvalue weighted by molar-refractivity contribution is 7.91. The maximum atomic E-state index is 14.9. The van der Waals surface area contributed by atoms with Crippen molar-refractivity contribution in [3.8, 4) is 11.5 Å². The number of anilines is 2. The minimum atomic E-state index is -3.42. The van der Waals surface area contributed by atoms with Crippen molar-refractivity contribution in [1.29, 1.82) is 0 Å². The molecule has 0 bridgehead atoms. The Balaban J connectivity index is 1.49. The first-order valence-electron chi connectivity index (χ1n) is 12.6. The molecule has 2 N–H and O–H groups in total. The number of hydrogen-bond acceptors (Lipinski definition) is 7. The van der Waals surface area contributed by atoms with Gasteiger partial charge in [0.05, 0.1) is 10.5 Å². The van der Waals surface area contributed by atoms with Gasteiger partial charge in [-0.1, -0.05) is 44.5 Å². The molecule has 0 fully saturated rings. The van der Waals surface area contributed by atoms with Crippen molar-refractivity contribution in [1.82, 2.24) is 19.9 Å². The van der Waals surface area contributed by atoms with Crippen molar-refractivity contribution in [2.45, 2.75) is 33.2 Å². The monoisotopic (exact) mass is 605 g/mol. The summed E-state index contributed by atoms with van der Waals surface area (Å²) in [6.45, 7) is 4.98. The van der Waals surface area contributed by atoms with Gasteiger partial charge in [-0.15, -0.1) is 0 Å². The molecule has 0 unspecified atom stereocenters. The Kier molecular flexibility index (Phi) is 8.55. The van der Waals surface area contributed by atoms with E-state index in [1.165, 1.54) is 45.3 Å². The van der Waals surface area contributed by atoms with Crippen LogP contribution in [0.1, 0.15) is 26.3 Å². The number of fused-ring (bicyclic) bond motifs is 1. The number of benzene rings is 2. The summed E-state index contributed by atoms with van der Waals surface area (Å²) in [7, 11) is -3.42. The van der Waals surface area contributed by atoms with Crippen LogP contribution in [0.3, 0.4) is 0 Å². The fourth-order valence-corrected chi connectivity index (χ4v) is 4.83. The van der Waals surface area contributed by atoms with Gasteiger partial charge in [-0.3, -0.25) is 4.79 Å². The lowest BCUT2D eigenvalue weighted by Gasteiger charge is -2.30. The maximum Gasteiger partial charge on any atom is 0.278 e. The van der Waals surface area contributed by atoms with Crippen molar-refractivity contribution in [2.75, 3.05) is 23.9 Å². The molecule has 1 amide bonds. The molecule has 13 heteroatoms. The zero-order valence-electron chi connectivity index (χ0n) is 22.9. The van der Waals surface area contributed by atoms with Gasteiger partial charge in [-0.05, 0) is 36.4 Å². The zero-order valence-corrected chi connectivity index (χ0v) is 24.5. The second-order valence-electron chi connectivity index (χ2n) is 10.6. The number of nitrogens with zero attached hydrogens (tertiary/aromatic N) is 3. The van der Waals surface area contributed by atoms with Gasteiger partial charge in [-0.25, -0.2) is 27.2 Å². The Morgan fingerprint density at radius 3 is 2.54 bits per heavy atom. The van der Waals surface area contributed by atoms with E-state index in [-0.39, 0.29) is 28.6 Å². The molecule has 4 rings (SSSR count). The number of nitrogens with one attached hydrogen (secondary N) is 2. The lowest BCUT2D eigenvalue weighted by molar-refractivity contribution is -0.118. The van der Waals surface area contributed by atoms with E-state index >= 15 is 0 Å². The SMILES string of the molecule is CC(C)(C)C(F)(F)c1cccc(Oc2ccc(Nc3ncnc4ccn(CCNC(=O)CS(C)(=O)=O)c34)cc2Cl)c1. The molecule has 0 aliphatic rings. The summed E-state index contributed by atoms with van der Waals surface area (Å²) >= 11 is 6.49. The molecule has 4 aromatic rings. The van der Waals surface area contributed by atoms with Crippen molar-refractivity contribution in [2.24, 2.45) is 5.41 Å². The van der Waals surface area contributed by atoms with Crippen LogP contribution in [0.15, 0.2) is 61.1 Å². The van der Waals surface area contributed by atoms with Crippen molar-refractivity contribution in [3.63, 3.8) is 0 Å². The summed E-state index contributed by atoms with van der Waals surface area (Å²) in [5, 5.41) is 6.04. The summed E-state index contributed by atoms with van der Waals surface area (Å²) in [5.41, 5.74) is 0.489. The summed E-state index contributed by atoms with van der Waals surface area (Å²) in [5.74, 6) is -3.23. The Morgan fingerprint density at radius 1 is 1.10 bits per heavy atom. The topological polar surface area (TPSA) is 115 Å². The molecule has 0 saturated carbocycles. The molecule has 218 valence electrons. The fourth-order valence-electron chi connectivity index (χ4n) is 4.03. The number of aromatic nitrogens is 3. The normalized spacial score (nSPS) is 12.4. The first-order valence-corrected chi connectivity index (χ1v) is 15.0. The molecule has 0 atom stereocenters. The van der Waals surface area contributed by atoms with E-state index in [1.807, 2.05) is 4.57 Å². The average Bonchev–Trinajstić information content (AvgIpc) is 3.28. The number of sulfone groups is 1. The molecule has 0 saturated heterocycles. The van der Waals surface area contributed by atoms with E-state index in [2.05, 4.69) is 20.6 Å². The van der Waals surface area contributed by atoms with Gasteiger partial charge in [0, 0.05) is 42.2 Å². The number of halogens is 3. The van der Waals surface area contributed by atoms with E-state index in [1.54, 1.807) is 36.5 Å². The summed E-state index contributed by atoms with van der Waals surface area (Å²) in [4.78, 5) is 20.5. The number of carbonyl (C=O) groups is 1. The van der Waals surface area contributed by atoms with Crippen LogP contribution in [-0.2, 0) is 27.1 Å². The third kappa shape index (κ3) is 7.31. The molecule has 2 aromatic heterocycles. The van der Waals surface area contributed by atoms with Gasteiger partial charge >= 0.3 is 0 Å². The summed E-state index contributed by atoms with van der Waals surface area (Å²) in [6.07, 6.45) is 4.19. The molecule has 41 heavy (non-hydrogen) atoms. The van der Waals surface area contributed by atoms with E-state index in [4.69, 9.17) is 16.3 Å². The van der Waals surface area contributed by atoms with Crippen LogP contribution in [0.25, 0.3) is 11.0 Å². The second-order valence-corrected chi connectivity index (χ2v) is 13.2. The number of hydrogen-bond donors (Lipinski definition) is 2. The van der Waals surface area contributed by atoms with Crippen molar-refractivity contribution < 1.29 is 26.7 Å². The van der Waals surface area contributed by atoms with Crippen molar-refractivity contribution in [3.05, 3.63) is 71.6 Å². The predicted molar refractivity (Wildman–Crippen MR) is 155 cm³/mol. The van der Waals surface area contributed by atoms with Crippen LogP contribution in [-0.4, -0.2) is 47.4 Å². The first-order chi connectivity index (χ1) is 19.1. The lowest BCUT2D eigenvalue weighted by atomic mass is 9.83. The molecule has 2 aromatic carbocycles. The lowest BCUT2D eigenvalue weighted by Crippen LogP contribution is -2.32. The molecule has 9 nitrogen and oxygen atoms in total. The molecule has 0 radical (unpaired) electrons. The number of ether oxygens (including phenoxy) is 1. The Hall–Kier alpha value is -3.77. The Morgan fingerprint density at radius 2 is 1.85 bits per heavy atom. The van der Waals surface area contributed by atoms with E-state index < -0.39 is 32.8 Å². The van der Waals surface area contributed by atoms with Crippen LogP contribution in [0.5, 0.6) is 11.5 Å². The minimum Gasteiger partial charge on any atom is -0.456 e. The maximum absolute atomic E-state index is 14.9. The standard InChI is InChI=1S/C28H30ClF2N5O4S/c1-27(2,3)28(30,31)18-6-5-7-20(14-18)40-23-9-8-19(15-21(23)29)35-26-25-22(33-17-34-26)10-12-36(25)13-11-32-24(37)16-41(4,38)39/h5-10,12,14-15,17H,11,13,16H2,1-4H3,(H,32,37)(H,33,34,35). The van der Waals surface area contributed by atoms with Crippen molar-refractivity contribution >= 4 is 49.9 Å².